The second kappa shape index (κ2) is 5.24. The molecular weight excluding hydrogens is 266 g/mol. The smallest absolute Gasteiger partial charge is 0.423 e. The second-order valence-corrected chi connectivity index (χ2v) is 5.01. The van der Waals surface area contributed by atoms with Gasteiger partial charge >= 0.3 is 6.18 Å². The van der Waals surface area contributed by atoms with Gasteiger partial charge in [0.15, 0.2) is 5.78 Å². The van der Waals surface area contributed by atoms with Crippen LogP contribution in [0.2, 0.25) is 0 Å². The van der Waals surface area contributed by atoms with E-state index in [1.165, 1.54) is 0 Å². The highest BCUT2D eigenvalue weighted by Gasteiger charge is 2.47. The number of rotatable bonds is 3. The molecule has 0 spiro atoms. The largest absolute Gasteiger partial charge is 0.468 e. The summed E-state index contributed by atoms with van der Waals surface area (Å²) >= 11 is 0. The Hall–Kier alpha value is -1.13. The van der Waals surface area contributed by atoms with Crippen molar-refractivity contribution in [3.63, 3.8) is 0 Å². The quantitative estimate of drug-likeness (QED) is 0.781. The summed E-state index contributed by atoms with van der Waals surface area (Å²) in [6.07, 6.45) is -4.57. The van der Waals surface area contributed by atoms with Crippen molar-refractivity contribution in [2.24, 2.45) is 4.99 Å². The maximum atomic E-state index is 12.6. The summed E-state index contributed by atoms with van der Waals surface area (Å²) in [4.78, 5) is 3.60. The number of aliphatic imine (C=N–C) groups is 1. The van der Waals surface area contributed by atoms with Crippen molar-refractivity contribution in [1.82, 2.24) is 0 Å². The monoisotopic (exact) mass is 277 g/mol. The Morgan fingerprint density at radius 1 is 1.33 bits per heavy atom. The molecule has 0 N–H and O–H groups in total. The van der Waals surface area contributed by atoms with Crippen LogP contribution in [0.3, 0.4) is 0 Å². The van der Waals surface area contributed by atoms with Crippen molar-refractivity contribution in [2.45, 2.75) is 18.9 Å². The minimum atomic E-state index is -4.57. The van der Waals surface area contributed by atoms with E-state index in [0.29, 0.717) is 5.56 Å². The van der Waals surface area contributed by atoms with Gasteiger partial charge in [0.25, 0.3) is 14.3 Å². The van der Waals surface area contributed by atoms with Gasteiger partial charge in [-0.1, -0.05) is 30.3 Å². The number of nitrogens with zero attached hydrogens (tertiary/aromatic N) is 1. The summed E-state index contributed by atoms with van der Waals surface area (Å²) in [7, 11) is -1.71. The molecule has 2 atom stereocenters. The molecule has 0 fully saturated rings. The highest BCUT2D eigenvalue weighted by atomic mass is 31.2. The molecular formula is C11H11F3NO2P. The van der Waals surface area contributed by atoms with Gasteiger partial charge in [0.05, 0.1) is 6.61 Å². The summed E-state index contributed by atoms with van der Waals surface area (Å²) in [6, 6.07) is 8.71. The van der Waals surface area contributed by atoms with E-state index in [2.05, 4.69) is 4.99 Å². The van der Waals surface area contributed by atoms with Crippen molar-refractivity contribution in [2.75, 3.05) is 6.61 Å². The zero-order valence-corrected chi connectivity index (χ0v) is 10.4. The number of alkyl halides is 3. The topological polar surface area (TPSA) is 30.8 Å². The molecule has 18 heavy (non-hydrogen) atoms. The van der Waals surface area contributed by atoms with Crippen molar-refractivity contribution in [1.29, 1.82) is 0 Å². The van der Waals surface area contributed by atoms with Crippen LogP contribution in [0.1, 0.15) is 18.3 Å². The molecule has 1 aromatic carbocycles. The molecule has 0 radical (unpaired) electrons. The molecule has 98 valence electrons. The first kappa shape index (κ1) is 13.3. The van der Waals surface area contributed by atoms with Gasteiger partial charge in [0.1, 0.15) is 0 Å². The second-order valence-electron chi connectivity index (χ2n) is 3.51. The van der Waals surface area contributed by atoms with Gasteiger partial charge in [0.2, 0.25) is 0 Å². The lowest BCUT2D eigenvalue weighted by molar-refractivity contribution is -0.0703. The predicted molar refractivity (Wildman–Crippen MR) is 62.3 cm³/mol. The fourth-order valence-corrected chi connectivity index (χ4v) is 2.97. The Morgan fingerprint density at radius 3 is 2.56 bits per heavy atom. The van der Waals surface area contributed by atoms with E-state index >= 15 is 0 Å². The SMILES string of the molecule is CCOP1OC(C(F)(F)F)=NC1c1ccccc1. The van der Waals surface area contributed by atoms with Gasteiger partial charge in [-0.15, -0.1) is 0 Å². The van der Waals surface area contributed by atoms with Gasteiger partial charge in [-0.25, -0.2) is 4.99 Å². The van der Waals surface area contributed by atoms with Crippen LogP contribution in [0.15, 0.2) is 35.3 Å². The third kappa shape index (κ3) is 2.82. The average molecular weight is 277 g/mol. The van der Waals surface area contributed by atoms with Crippen molar-refractivity contribution >= 4 is 14.3 Å². The highest BCUT2D eigenvalue weighted by molar-refractivity contribution is 7.48. The molecule has 3 nitrogen and oxygen atoms in total. The first-order valence-corrected chi connectivity index (χ1v) is 6.57. The molecule has 0 saturated heterocycles. The molecule has 1 heterocycles. The minimum Gasteiger partial charge on any atom is -0.423 e. The molecule has 2 rings (SSSR count). The molecule has 1 aliphatic rings. The molecule has 1 aromatic rings. The molecule has 0 aromatic heterocycles. The predicted octanol–water partition coefficient (Wildman–Crippen LogP) is 4.02. The lowest BCUT2D eigenvalue weighted by Gasteiger charge is -2.15. The number of halogens is 3. The molecule has 1 aliphatic heterocycles. The Labute approximate surface area is 104 Å². The van der Waals surface area contributed by atoms with Crippen LogP contribution in [-0.2, 0) is 9.05 Å². The van der Waals surface area contributed by atoms with Crippen LogP contribution in [0.4, 0.5) is 13.2 Å². The highest BCUT2D eigenvalue weighted by Crippen LogP contribution is 2.59. The standard InChI is InChI=1S/C11H11F3NO2P/c1-2-16-18-9(8-6-4-3-5-7-8)15-10(17-18)11(12,13)14/h3-7,9H,2H2,1H3. The van der Waals surface area contributed by atoms with Crippen LogP contribution < -0.4 is 0 Å². The van der Waals surface area contributed by atoms with Crippen molar-refractivity contribution in [3.8, 4) is 0 Å². The van der Waals surface area contributed by atoms with E-state index in [9.17, 15) is 13.2 Å². The van der Waals surface area contributed by atoms with E-state index in [1.54, 1.807) is 37.3 Å². The molecule has 0 amide bonds. The van der Waals surface area contributed by atoms with E-state index in [4.69, 9.17) is 9.05 Å². The first-order chi connectivity index (χ1) is 8.52. The van der Waals surface area contributed by atoms with Gasteiger partial charge in [0, 0.05) is 0 Å². The average Bonchev–Trinajstić information content (AvgIpc) is 2.75. The molecule has 0 aliphatic carbocycles. The van der Waals surface area contributed by atoms with E-state index < -0.39 is 26.2 Å². The van der Waals surface area contributed by atoms with Crippen LogP contribution in [0, 0.1) is 0 Å². The van der Waals surface area contributed by atoms with Crippen molar-refractivity contribution < 1.29 is 22.2 Å². The maximum absolute atomic E-state index is 12.6. The van der Waals surface area contributed by atoms with Crippen molar-refractivity contribution in [3.05, 3.63) is 35.9 Å². The van der Waals surface area contributed by atoms with Crippen LogP contribution in [0.5, 0.6) is 0 Å². The number of hydrogen-bond acceptors (Lipinski definition) is 3. The number of benzene rings is 1. The lowest BCUT2D eigenvalue weighted by atomic mass is 10.2. The van der Waals surface area contributed by atoms with E-state index in [-0.39, 0.29) is 6.61 Å². The third-order valence-corrected chi connectivity index (χ3v) is 3.89. The number of hydrogen-bond donors (Lipinski definition) is 0. The first-order valence-electron chi connectivity index (χ1n) is 5.32. The molecule has 0 bridgehead atoms. The van der Waals surface area contributed by atoms with Crippen LogP contribution >= 0.6 is 8.38 Å². The normalized spacial score (nSPS) is 23.7. The van der Waals surface area contributed by atoms with Gasteiger partial charge in [-0.3, -0.25) is 0 Å². The Balaban J connectivity index is 2.27. The van der Waals surface area contributed by atoms with E-state index in [1.807, 2.05) is 0 Å². The maximum Gasteiger partial charge on any atom is 0.468 e. The summed E-state index contributed by atoms with van der Waals surface area (Å²) in [5.41, 5.74) is 0.663. The van der Waals surface area contributed by atoms with Gasteiger partial charge < -0.3 is 9.05 Å². The third-order valence-electron chi connectivity index (χ3n) is 2.21. The molecule has 0 saturated carbocycles. The van der Waals surface area contributed by atoms with Crippen LogP contribution in [0.25, 0.3) is 0 Å². The fraction of sp³-hybridized carbons (Fsp3) is 0.364. The zero-order chi connectivity index (χ0) is 13.2. The minimum absolute atomic E-state index is 0.287. The molecule has 2 unspecified atom stereocenters. The summed E-state index contributed by atoms with van der Waals surface area (Å²) in [6.45, 7) is 2.00. The Morgan fingerprint density at radius 2 is 2.00 bits per heavy atom. The lowest BCUT2D eigenvalue weighted by Crippen LogP contribution is -2.21. The van der Waals surface area contributed by atoms with Gasteiger partial charge in [-0.2, -0.15) is 13.2 Å². The Kier molecular flexibility index (Phi) is 3.88. The Bertz CT molecular complexity index is 436. The van der Waals surface area contributed by atoms with Crippen LogP contribution in [-0.4, -0.2) is 18.7 Å². The summed E-state index contributed by atoms with van der Waals surface area (Å²) < 4.78 is 47.7. The summed E-state index contributed by atoms with van der Waals surface area (Å²) in [5, 5.41) is 0. The van der Waals surface area contributed by atoms with E-state index in [0.717, 1.165) is 0 Å². The molecule has 7 heteroatoms. The fourth-order valence-electron chi connectivity index (χ4n) is 1.49. The van der Waals surface area contributed by atoms with Gasteiger partial charge in [-0.05, 0) is 12.5 Å². The summed E-state index contributed by atoms with van der Waals surface area (Å²) in [5.74, 6) is -1.91. The zero-order valence-electron chi connectivity index (χ0n) is 9.52.